The topological polar surface area (TPSA) is 26.3 Å². The predicted molar refractivity (Wildman–Crippen MR) is 139 cm³/mol. The van der Waals surface area contributed by atoms with Gasteiger partial charge < -0.3 is 9.53 Å². The summed E-state index contributed by atoms with van der Waals surface area (Å²) in [6.07, 6.45) is 3.51. The molecule has 4 aromatic rings. The summed E-state index contributed by atoms with van der Waals surface area (Å²) in [7, 11) is -0.877. The molecule has 5 rings (SSSR count). The van der Waals surface area contributed by atoms with Crippen molar-refractivity contribution in [3.63, 3.8) is 0 Å². The average Bonchev–Trinajstić information content (AvgIpc) is 3.19. The number of rotatable bonds is 5. The van der Waals surface area contributed by atoms with Crippen molar-refractivity contribution in [2.24, 2.45) is 0 Å². The minimum Gasteiger partial charge on any atom is -0.557 e. The zero-order valence-electron chi connectivity index (χ0n) is 18.9. The van der Waals surface area contributed by atoms with Crippen LogP contribution in [-0.4, -0.2) is 12.1 Å². The Bertz CT molecular complexity index is 1090. The molecular weight excluding hydrogens is 620 g/mol. The number of esters is 1. The van der Waals surface area contributed by atoms with Crippen LogP contribution in [0.3, 0.4) is 0 Å². The minimum absolute atomic E-state index is 0. The van der Waals surface area contributed by atoms with Crippen molar-refractivity contribution in [1.82, 2.24) is 0 Å². The van der Waals surface area contributed by atoms with Crippen LogP contribution in [0.5, 0.6) is 0 Å². The van der Waals surface area contributed by atoms with Crippen LogP contribution < -0.4 is 15.9 Å². The second-order valence-corrected chi connectivity index (χ2v) is 10.3. The largest absolute Gasteiger partial charge is 1.00 e. The van der Waals surface area contributed by atoms with Crippen molar-refractivity contribution in [3.05, 3.63) is 139 Å². The molecule has 0 spiro atoms. The zero-order valence-corrected chi connectivity index (χ0v) is 22.1. The molecule has 34 heavy (non-hydrogen) atoms. The average molecular weight is 647 g/mol. The monoisotopic (exact) mass is 647 g/mol. The number of benzene rings is 4. The molecule has 0 aromatic heterocycles. The number of carbonyl (C=O) groups excluding carboxylic acids is 1. The first kappa shape index (κ1) is 25.9. The number of hydrogen-bond acceptors (Lipinski definition) is 2. The summed E-state index contributed by atoms with van der Waals surface area (Å²) in [5, 5.41) is 4.31. The molecule has 0 fully saturated rings. The molecule has 4 heteroatoms. The van der Waals surface area contributed by atoms with E-state index in [0.717, 1.165) is 5.56 Å². The Morgan fingerprint density at radius 1 is 0.676 bits per heavy atom. The van der Waals surface area contributed by atoms with Gasteiger partial charge in [0.05, 0.1) is 7.92 Å². The van der Waals surface area contributed by atoms with Gasteiger partial charge in [-0.05, 0) is 48.4 Å². The van der Waals surface area contributed by atoms with E-state index in [1.165, 1.54) is 15.9 Å². The Balaban J connectivity index is 0.000000193. The number of carbonyl (C=O) groups is 1. The van der Waals surface area contributed by atoms with Gasteiger partial charge in [0.2, 0.25) is 0 Å². The molecule has 0 aliphatic carbocycles. The Kier molecular flexibility index (Phi) is 10.1. The van der Waals surface area contributed by atoms with Crippen molar-refractivity contribution in [2.75, 3.05) is 0 Å². The molecule has 2 nitrogen and oxygen atoms in total. The minimum atomic E-state index is -0.877. The van der Waals surface area contributed by atoms with E-state index in [1.54, 1.807) is 6.92 Å². The van der Waals surface area contributed by atoms with Gasteiger partial charge in [0, 0.05) is 6.10 Å². The molecule has 0 radical (unpaired) electrons. The normalized spacial score (nSPS) is 14.4. The molecule has 0 N–H and O–H groups in total. The molecule has 1 aliphatic rings. The molecule has 174 valence electrons. The van der Waals surface area contributed by atoms with Crippen LogP contribution in [-0.2, 0) is 38.3 Å². The molecule has 0 bridgehead atoms. The summed E-state index contributed by atoms with van der Waals surface area (Å²) in [5.74, 6) is -0.245. The maximum atomic E-state index is 11.1. The van der Waals surface area contributed by atoms with Crippen LogP contribution >= 0.6 is 7.92 Å². The van der Waals surface area contributed by atoms with E-state index >= 15 is 0 Å². The Hall–Kier alpha value is -2.74. The van der Waals surface area contributed by atoms with Gasteiger partial charge in [-0.15, -0.1) is 5.57 Å². The van der Waals surface area contributed by atoms with E-state index in [1.807, 2.05) is 30.3 Å². The van der Waals surface area contributed by atoms with Crippen molar-refractivity contribution < 1.29 is 31.9 Å². The van der Waals surface area contributed by atoms with Gasteiger partial charge >= 0.3 is 22.4 Å². The van der Waals surface area contributed by atoms with Crippen molar-refractivity contribution in [2.45, 2.75) is 19.4 Å². The summed E-state index contributed by atoms with van der Waals surface area (Å²) < 4.78 is 5.09. The Morgan fingerprint density at radius 2 is 1.06 bits per heavy atom. The van der Waals surface area contributed by atoms with Crippen LogP contribution in [0.25, 0.3) is 0 Å². The molecule has 1 aliphatic heterocycles. The van der Waals surface area contributed by atoms with Crippen LogP contribution in [0, 0.1) is 6.08 Å². The fraction of sp³-hybridized carbons (Fsp3) is 0.100. The molecule has 0 amide bonds. The first-order valence-corrected chi connectivity index (χ1v) is 12.6. The molecule has 0 saturated heterocycles. The van der Waals surface area contributed by atoms with Crippen molar-refractivity contribution in [3.8, 4) is 0 Å². The van der Waals surface area contributed by atoms with Crippen molar-refractivity contribution in [1.29, 1.82) is 0 Å². The first-order valence-electron chi connectivity index (χ1n) is 11.1. The van der Waals surface area contributed by atoms with Gasteiger partial charge in [-0.3, -0.25) is 0 Å². The molecular formula is C30H27AuO2P+. The van der Waals surface area contributed by atoms with Gasteiger partial charge in [0.15, 0.2) is 5.97 Å². The summed E-state index contributed by atoms with van der Waals surface area (Å²) in [6, 6.07) is 42.4. The number of hydrogen-bond donors (Lipinski definition) is 0. The zero-order chi connectivity index (χ0) is 22.9. The second kappa shape index (κ2) is 13.2. The first-order chi connectivity index (χ1) is 16.2. The smallest absolute Gasteiger partial charge is 0.557 e. The summed E-state index contributed by atoms with van der Waals surface area (Å²) >= 11 is 0. The van der Waals surface area contributed by atoms with Gasteiger partial charge in [-0.2, -0.15) is 0 Å². The van der Waals surface area contributed by atoms with E-state index in [0.29, 0.717) is 12.0 Å². The van der Waals surface area contributed by atoms with Crippen molar-refractivity contribution >= 4 is 29.8 Å². The van der Waals surface area contributed by atoms with Crippen LogP contribution in [0.4, 0.5) is 0 Å². The molecule has 0 saturated carbocycles. The third-order valence-electron chi connectivity index (χ3n) is 5.38. The van der Waals surface area contributed by atoms with E-state index in [9.17, 15) is 4.79 Å². The SMILES string of the molecule is CC1=[C-]C(Cc2ccccc2)OC1=O.[Au+].c1ccc([PH+](c2ccccc2)c2ccccc2)cc1. The third kappa shape index (κ3) is 7.13. The maximum absolute atomic E-state index is 11.1. The standard InChI is InChI=1S/C18H15P.C12H11O2.Au/c1-4-10-16(11-5-1)19(17-12-6-2-7-13-17)18-14-8-3-9-15-18;1-9-7-11(14-12(9)13)8-10-5-3-2-4-6-10;/h1-15H;2-6,11H,8H2,1H3;/q;-1;+1/p+1. The fourth-order valence-electron chi connectivity index (χ4n) is 3.78. The van der Waals surface area contributed by atoms with Gasteiger partial charge in [-0.25, -0.2) is 6.08 Å². The number of ether oxygens (including phenoxy) is 1. The molecule has 1 atom stereocenters. The van der Waals surface area contributed by atoms with Gasteiger partial charge in [0.1, 0.15) is 15.9 Å². The molecule has 1 unspecified atom stereocenters. The van der Waals surface area contributed by atoms with E-state index < -0.39 is 7.92 Å². The summed E-state index contributed by atoms with van der Waals surface area (Å²) in [5.41, 5.74) is 1.75. The second-order valence-electron chi connectivity index (χ2n) is 7.83. The van der Waals surface area contributed by atoms with Crippen LogP contribution in [0.15, 0.2) is 127 Å². The third-order valence-corrected chi connectivity index (χ3v) is 8.12. The van der Waals surface area contributed by atoms with Crippen LogP contribution in [0.1, 0.15) is 12.5 Å². The van der Waals surface area contributed by atoms with E-state index in [4.69, 9.17) is 4.74 Å². The maximum Gasteiger partial charge on any atom is 1.00 e. The Labute approximate surface area is 219 Å². The summed E-state index contributed by atoms with van der Waals surface area (Å²) in [4.78, 5) is 11.1. The van der Waals surface area contributed by atoms with E-state index in [-0.39, 0.29) is 34.5 Å². The quantitative estimate of drug-likeness (QED) is 0.131. The molecule has 1 heterocycles. The summed E-state index contributed by atoms with van der Waals surface area (Å²) in [6.45, 7) is 1.73. The van der Waals surface area contributed by atoms with Crippen LogP contribution in [0.2, 0.25) is 0 Å². The van der Waals surface area contributed by atoms with Gasteiger partial charge in [-0.1, -0.05) is 91.9 Å². The fourth-order valence-corrected chi connectivity index (χ4v) is 6.36. The predicted octanol–water partition coefficient (Wildman–Crippen LogP) is 5.08. The van der Waals surface area contributed by atoms with Gasteiger partial charge in [0.25, 0.3) is 0 Å². The Morgan fingerprint density at radius 3 is 1.41 bits per heavy atom. The van der Waals surface area contributed by atoms with E-state index in [2.05, 4.69) is 97.1 Å². The molecule has 4 aromatic carbocycles. The number of cyclic esters (lactones) is 1.